The summed E-state index contributed by atoms with van der Waals surface area (Å²) in [6, 6.07) is 56.8. The second kappa shape index (κ2) is 17.9. The van der Waals surface area contributed by atoms with Crippen LogP contribution in [-0.4, -0.2) is 33.1 Å². The number of anilines is 10. The summed E-state index contributed by atoms with van der Waals surface area (Å²) in [5, 5.41) is 7.01. The molecular formula is C49H52N8. The summed E-state index contributed by atoms with van der Waals surface area (Å²) in [7, 11) is 0. The molecule has 7 aromatic rings. The van der Waals surface area contributed by atoms with Crippen LogP contribution in [-0.2, 0) is 6.42 Å². The number of hydrogen-bond acceptors (Lipinski definition) is 8. The Bertz CT molecular complexity index is 2020. The fourth-order valence-corrected chi connectivity index (χ4v) is 6.99. The molecule has 0 radical (unpaired) electrons. The van der Waals surface area contributed by atoms with Crippen LogP contribution in [0.25, 0.3) is 0 Å². The zero-order valence-corrected chi connectivity index (χ0v) is 33.7. The van der Waals surface area contributed by atoms with Gasteiger partial charge in [0, 0.05) is 57.9 Å². The largest absolute Gasteiger partial charge is 0.356 e. The smallest absolute Gasteiger partial charge is 0.236 e. The van der Waals surface area contributed by atoms with Crippen molar-refractivity contribution in [3.8, 4) is 0 Å². The molecule has 0 fully saturated rings. The Labute approximate surface area is 337 Å². The van der Waals surface area contributed by atoms with E-state index in [0.29, 0.717) is 17.8 Å². The quantitative estimate of drug-likeness (QED) is 0.107. The topological polar surface area (TPSA) is 72.5 Å². The monoisotopic (exact) mass is 752 g/mol. The number of nitrogens with zero attached hydrogens (tertiary/aromatic N) is 6. The molecule has 0 amide bonds. The number of nitrogens with one attached hydrogen (secondary N) is 2. The summed E-state index contributed by atoms with van der Waals surface area (Å²) < 4.78 is 0. The van der Waals surface area contributed by atoms with Gasteiger partial charge in [-0.15, -0.1) is 0 Å². The van der Waals surface area contributed by atoms with Crippen molar-refractivity contribution in [1.29, 1.82) is 0 Å². The zero-order valence-electron chi connectivity index (χ0n) is 33.7. The predicted molar refractivity (Wildman–Crippen MR) is 240 cm³/mol. The molecule has 2 N–H and O–H groups in total. The lowest BCUT2D eigenvalue weighted by Crippen LogP contribution is -2.34. The molecule has 6 aromatic carbocycles. The standard InChI is InChI=1S/C49H52N8/c1-35(2)55(44-28-22-39(23-29-44)34-38-16-10-7-11-17-38)47-52-48(56(36(3)4)45-30-24-42(25-31-45)50-40-18-12-8-13-19-40)54-49(53-47)57(37(5)6)46-32-26-43(27-33-46)51-41-20-14-9-15-21-41/h7-33,35-37,50-51H,34H2,1-6H3. The van der Waals surface area contributed by atoms with Crippen molar-refractivity contribution in [3.63, 3.8) is 0 Å². The average Bonchev–Trinajstić information content (AvgIpc) is 3.21. The third-order valence-electron chi connectivity index (χ3n) is 9.68. The van der Waals surface area contributed by atoms with Gasteiger partial charge in [-0.2, -0.15) is 15.0 Å². The van der Waals surface area contributed by atoms with Crippen molar-refractivity contribution < 1.29 is 0 Å². The van der Waals surface area contributed by atoms with E-state index in [1.165, 1.54) is 11.1 Å². The van der Waals surface area contributed by atoms with E-state index in [-0.39, 0.29) is 18.1 Å². The van der Waals surface area contributed by atoms with Gasteiger partial charge in [-0.1, -0.05) is 78.9 Å². The van der Waals surface area contributed by atoms with E-state index >= 15 is 0 Å². The molecule has 0 spiro atoms. The van der Waals surface area contributed by atoms with Gasteiger partial charge >= 0.3 is 0 Å². The Morgan fingerprint density at radius 3 is 0.965 bits per heavy atom. The van der Waals surface area contributed by atoms with Crippen molar-refractivity contribution in [2.45, 2.75) is 66.1 Å². The lowest BCUT2D eigenvalue weighted by Gasteiger charge is -2.33. The molecule has 1 heterocycles. The highest BCUT2D eigenvalue weighted by Crippen LogP contribution is 2.35. The van der Waals surface area contributed by atoms with Crippen LogP contribution in [0.3, 0.4) is 0 Å². The van der Waals surface area contributed by atoms with Gasteiger partial charge in [-0.05, 0) is 144 Å². The molecule has 8 heteroatoms. The third kappa shape index (κ3) is 9.59. The summed E-state index contributed by atoms with van der Waals surface area (Å²) >= 11 is 0. The van der Waals surface area contributed by atoms with Crippen LogP contribution >= 0.6 is 0 Å². The minimum atomic E-state index is 0.0432. The number of para-hydroxylation sites is 2. The average molecular weight is 753 g/mol. The maximum Gasteiger partial charge on any atom is 0.236 e. The van der Waals surface area contributed by atoms with Gasteiger partial charge in [0.05, 0.1) is 0 Å². The van der Waals surface area contributed by atoms with Gasteiger partial charge in [0.25, 0.3) is 0 Å². The van der Waals surface area contributed by atoms with Crippen molar-refractivity contribution in [3.05, 3.63) is 175 Å². The third-order valence-corrected chi connectivity index (χ3v) is 9.68. The summed E-state index contributed by atoms with van der Waals surface area (Å²) in [6.07, 6.45) is 0.870. The van der Waals surface area contributed by atoms with E-state index in [9.17, 15) is 0 Å². The van der Waals surface area contributed by atoms with Gasteiger partial charge < -0.3 is 25.3 Å². The Morgan fingerprint density at radius 2 is 0.632 bits per heavy atom. The van der Waals surface area contributed by atoms with Crippen molar-refractivity contribution in [2.75, 3.05) is 25.3 Å². The first kappa shape index (κ1) is 38.6. The molecule has 0 saturated carbocycles. The lowest BCUT2D eigenvalue weighted by molar-refractivity contribution is 0.714. The van der Waals surface area contributed by atoms with E-state index in [0.717, 1.165) is 46.2 Å². The van der Waals surface area contributed by atoms with Crippen LogP contribution in [0.2, 0.25) is 0 Å². The summed E-state index contributed by atoms with van der Waals surface area (Å²) in [6.45, 7) is 13.0. The van der Waals surface area contributed by atoms with Crippen LogP contribution in [0.4, 0.5) is 57.7 Å². The highest BCUT2D eigenvalue weighted by molar-refractivity contribution is 5.71. The van der Waals surface area contributed by atoms with Gasteiger partial charge in [-0.3, -0.25) is 0 Å². The Morgan fingerprint density at radius 1 is 0.351 bits per heavy atom. The molecule has 8 nitrogen and oxygen atoms in total. The molecule has 57 heavy (non-hydrogen) atoms. The Balaban J connectivity index is 1.29. The highest BCUT2D eigenvalue weighted by Gasteiger charge is 2.26. The maximum absolute atomic E-state index is 5.28. The molecule has 0 aliphatic carbocycles. The van der Waals surface area contributed by atoms with E-state index in [4.69, 9.17) is 15.0 Å². The van der Waals surface area contributed by atoms with Crippen LogP contribution in [0.15, 0.2) is 164 Å². The molecule has 0 aliphatic rings. The fraction of sp³-hybridized carbons (Fsp3) is 0.204. The first-order chi connectivity index (χ1) is 27.7. The molecule has 0 aliphatic heterocycles. The SMILES string of the molecule is CC(C)N(c1ccc(Cc2ccccc2)cc1)c1nc(N(c2ccc(Nc3ccccc3)cc2)C(C)C)nc(N(c2ccc(Nc3ccccc3)cc2)C(C)C)n1. The predicted octanol–water partition coefficient (Wildman–Crippen LogP) is 12.6. The van der Waals surface area contributed by atoms with E-state index in [1.807, 2.05) is 36.4 Å². The van der Waals surface area contributed by atoms with Gasteiger partial charge in [0.15, 0.2) is 0 Å². The number of rotatable bonds is 15. The minimum absolute atomic E-state index is 0.0432. The van der Waals surface area contributed by atoms with Crippen molar-refractivity contribution in [2.24, 2.45) is 0 Å². The number of aromatic nitrogens is 3. The molecule has 0 atom stereocenters. The van der Waals surface area contributed by atoms with Crippen LogP contribution in [0.5, 0.6) is 0 Å². The Kier molecular flexibility index (Phi) is 12.1. The second-order valence-electron chi connectivity index (χ2n) is 15.0. The van der Waals surface area contributed by atoms with Crippen LogP contribution in [0.1, 0.15) is 52.7 Å². The fourth-order valence-electron chi connectivity index (χ4n) is 6.99. The normalized spacial score (nSPS) is 11.2. The van der Waals surface area contributed by atoms with E-state index < -0.39 is 0 Å². The van der Waals surface area contributed by atoms with Gasteiger partial charge in [-0.25, -0.2) is 0 Å². The van der Waals surface area contributed by atoms with Crippen molar-refractivity contribution in [1.82, 2.24) is 15.0 Å². The molecule has 1 aromatic heterocycles. The van der Waals surface area contributed by atoms with Gasteiger partial charge in [0.2, 0.25) is 17.8 Å². The number of benzene rings is 6. The van der Waals surface area contributed by atoms with Crippen LogP contribution in [0, 0.1) is 0 Å². The van der Waals surface area contributed by atoms with E-state index in [1.54, 1.807) is 0 Å². The molecule has 7 rings (SSSR count). The molecule has 0 saturated heterocycles. The molecule has 0 unspecified atom stereocenters. The van der Waals surface area contributed by atoms with E-state index in [2.05, 4.69) is 194 Å². The summed E-state index contributed by atoms with van der Waals surface area (Å²) in [5.74, 6) is 1.74. The minimum Gasteiger partial charge on any atom is -0.356 e. The first-order valence-corrected chi connectivity index (χ1v) is 19.8. The van der Waals surface area contributed by atoms with Gasteiger partial charge in [0.1, 0.15) is 0 Å². The summed E-state index contributed by atoms with van der Waals surface area (Å²) in [4.78, 5) is 22.4. The highest BCUT2D eigenvalue weighted by atomic mass is 15.4. The lowest BCUT2D eigenvalue weighted by atomic mass is 10.0. The molecule has 288 valence electrons. The molecular weight excluding hydrogens is 701 g/mol. The first-order valence-electron chi connectivity index (χ1n) is 19.8. The Hall–Kier alpha value is -6.67. The summed E-state index contributed by atoms with van der Waals surface area (Å²) in [5.41, 5.74) is 9.61. The van der Waals surface area contributed by atoms with Crippen LogP contribution < -0.4 is 25.3 Å². The maximum atomic E-state index is 5.28. The number of hydrogen-bond donors (Lipinski definition) is 2. The molecule has 0 bridgehead atoms. The zero-order chi connectivity index (χ0) is 39.7. The second-order valence-corrected chi connectivity index (χ2v) is 15.0. The van der Waals surface area contributed by atoms with Crippen molar-refractivity contribution >= 4 is 57.7 Å².